The second kappa shape index (κ2) is 11.2. The summed E-state index contributed by atoms with van der Waals surface area (Å²) in [7, 11) is 1.94. The molecule has 146 valence electrons. The number of nitrogens with one attached hydrogen (secondary N) is 1. The highest BCUT2D eigenvalue weighted by Crippen LogP contribution is 2.11. The number of carbonyl (C=O) groups is 2. The molecule has 1 aromatic carbocycles. The molecule has 26 heavy (non-hydrogen) atoms. The van der Waals surface area contributed by atoms with E-state index in [9.17, 15) is 9.59 Å². The van der Waals surface area contributed by atoms with Crippen molar-refractivity contribution in [1.29, 1.82) is 0 Å². The Labute approximate surface area is 161 Å². The standard InChI is InChI=1S/C20H32N2O3S/c1-20(2,3)25-19(24)21-18(23)17(13-15-26-5)22(4)14-9-12-16-10-7-6-8-11-16/h6-8,10-11,17H,9,12-15H2,1-5H3,(H,21,23,24)/t17-/m1/s1. The SMILES string of the molecule is CSCC[C@H](C(=O)NC(=O)OC(C)(C)C)N(C)CCCc1ccccc1. The Morgan fingerprint density at radius 2 is 1.88 bits per heavy atom. The molecule has 1 N–H and O–H groups in total. The maximum atomic E-state index is 12.6. The Morgan fingerprint density at radius 3 is 2.46 bits per heavy atom. The lowest BCUT2D eigenvalue weighted by molar-refractivity contribution is -0.125. The largest absolute Gasteiger partial charge is 0.444 e. The van der Waals surface area contributed by atoms with Crippen LogP contribution in [0, 0.1) is 0 Å². The molecule has 1 aromatic rings. The van der Waals surface area contributed by atoms with Crippen molar-refractivity contribution < 1.29 is 14.3 Å². The smallest absolute Gasteiger partial charge is 0.414 e. The summed E-state index contributed by atoms with van der Waals surface area (Å²) in [4.78, 5) is 26.5. The van der Waals surface area contributed by atoms with E-state index in [1.807, 2.05) is 36.4 Å². The van der Waals surface area contributed by atoms with Crippen LogP contribution in [0.2, 0.25) is 0 Å². The van der Waals surface area contributed by atoms with Crippen molar-refractivity contribution in [2.75, 3.05) is 25.6 Å². The van der Waals surface area contributed by atoms with Crippen molar-refractivity contribution in [3.63, 3.8) is 0 Å². The number of aryl methyl sites for hydroxylation is 1. The van der Waals surface area contributed by atoms with Crippen molar-refractivity contribution in [1.82, 2.24) is 10.2 Å². The van der Waals surface area contributed by atoms with Crippen LogP contribution in [0.3, 0.4) is 0 Å². The van der Waals surface area contributed by atoms with Gasteiger partial charge >= 0.3 is 6.09 Å². The Hall–Kier alpha value is -1.53. The first-order valence-electron chi connectivity index (χ1n) is 9.00. The highest BCUT2D eigenvalue weighted by Gasteiger charge is 2.26. The molecule has 0 saturated heterocycles. The second-order valence-corrected chi connectivity index (χ2v) is 8.34. The average molecular weight is 381 g/mol. The number of hydrogen-bond donors (Lipinski definition) is 1. The zero-order valence-corrected chi connectivity index (χ0v) is 17.4. The summed E-state index contributed by atoms with van der Waals surface area (Å²) in [5.74, 6) is 0.561. The van der Waals surface area contributed by atoms with Crippen molar-refractivity contribution in [2.24, 2.45) is 0 Å². The van der Waals surface area contributed by atoms with Crippen LogP contribution in [0.25, 0.3) is 0 Å². The van der Waals surface area contributed by atoms with Crippen LogP contribution in [0.5, 0.6) is 0 Å². The van der Waals surface area contributed by atoms with Crippen LogP contribution in [0.1, 0.15) is 39.2 Å². The summed E-state index contributed by atoms with van der Waals surface area (Å²) in [5.41, 5.74) is 0.667. The van der Waals surface area contributed by atoms with E-state index in [0.717, 1.165) is 25.1 Å². The summed E-state index contributed by atoms with van der Waals surface area (Å²) < 4.78 is 5.19. The molecular formula is C20H32N2O3S. The van der Waals surface area contributed by atoms with Crippen LogP contribution < -0.4 is 5.32 Å². The van der Waals surface area contributed by atoms with Crippen LogP contribution >= 0.6 is 11.8 Å². The Morgan fingerprint density at radius 1 is 1.23 bits per heavy atom. The fourth-order valence-corrected chi connectivity index (χ4v) is 3.06. The number of likely N-dealkylation sites (N-methyl/N-ethyl adjacent to an activating group) is 1. The minimum absolute atomic E-state index is 0.296. The fraction of sp³-hybridized carbons (Fsp3) is 0.600. The number of rotatable bonds is 9. The van der Waals surface area contributed by atoms with Gasteiger partial charge in [-0.3, -0.25) is 15.0 Å². The van der Waals surface area contributed by atoms with Gasteiger partial charge in [-0.2, -0.15) is 11.8 Å². The number of amides is 2. The molecular weight excluding hydrogens is 348 g/mol. The van der Waals surface area contributed by atoms with Gasteiger partial charge in [0.25, 0.3) is 0 Å². The summed E-state index contributed by atoms with van der Waals surface area (Å²) in [5, 5.41) is 2.38. The van der Waals surface area contributed by atoms with E-state index in [2.05, 4.69) is 17.4 Å². The molecule has 2 amide bonds. The molecule has 0 aliphatic carbocycles. The van der Waals surface area contributed by atoms with E-state index < -0.39 is 11.7 Å². The van der Waals surface area contributed by atoms with Crippen LogP contribution in [0.15, 0.2) is 30.3 Å². The molecule has 0 aliphatic rings. The lowest BCUT2D eigenvalue weighted by Crippen LogP contribution is -2.48. The topological polar surface area (TPSA) is 58.6 Å². The first-order valence-corrected chi connectivity index (χ1v) is 10.4. The molecule has 0 unspecified atom stereocenters. The highest BCUT2D eigenvalue weighted by atomic mass is 32.2. The number of nitrogens with zero attached hydrogens (tertiary/aromatic N) is 1. The molecule has 6 heteroatoms. The van der Waals surface area contributed by atoms with Gasteiger partial charge in [0, 0.05) is 0 Å². The number of carbonyl (C=O) groups excluding carboxylic acids is 2. The van der Waals surface area contributed by atoms with E-state index in [0.29, 0.717) is 6.42 Å². The normalized spacial score (nSPS) is 12.7. The van der Waals surface area contributed by atoms with Gasteiger partial charge in [-0.15, -0.1) is 0 Å². The van der Waals surface area contributed by atoms with Gasteiger partial charge in [0.1, 0.15) is 5.60 Å². The van der Waals surface area contributed by atoms with E-state index >= 15 is 0 Å². The third-order valence-electron chi connectivity index (χ3n) is 3.87. The number of alkyl carbamates (subject to hydrolysis) is 1. The maximum absolute atomic E-state index is 12.6. The number of imide groups is 1. The van der Waals surface area contributed by atoms with E-state index in [1.165, 1.54) is 5.56 Å². The summed E-state index contributed by atoms with van der Waals surface area (Å²) in [6.45, 7) is 6.11. The third-order valence-corrected chi connectivity index (χ3v) is 4.52. The molecule has 1 rings (SSSR count). The number of hydrogen-bond acceptors (Lipinski definition) is 5. The molecule has 0 aliphatic heterocycles. The number of ether oxygens (including phenoxy) is 1. The molecule has 1 atom stereocenters. The molecule has 0 spiro atoms. The van der Waals surface area contributed by atoms with Gasteiger partial charge in [0.15, 0.2) is 0 Å². The maximum Gasteiger partial charge on any atom is 0.414 e. The molecule has 0 saturated carbocycles. The van der Waals surface area contributed by atoms with E-state index in [4.69, 9.17) is 4.74 Å². The first-order chi connectivity index (χ1) is 12.2. The summed E-state index contributed by atoms with van der Waals surface area (Å²) in [6, 6.07) is 9.96. The van der Waals surface area contributed by atoms with Gasteiger partial charge < -0.3 is 4.74 Å². The van der Waals surface area contributed by atoms with Crippen molar-refractivity contribution in [3.05, 3.63) is 35.9 Å². The number of benzene rings is 1. The second-order valence-electron chi connectivity index (χ2n) is 7.36. The average Bonchev–Trinajstić information content (AvgIpc) is 2.54. The van der Waals surface area contributed by atoms with E-state index in [1.54, 1.807) is 32.5 Å². The fourth-order valence-electron chi connectivity index (χ4n) is 2.60. The van der Waals surface area contributed by atoms with Crippen molar-refractivity contribution in [3.8, 4) is 0 Å². The molecule has 0 heterocycles. The third kappa shape index (κ3) is 9.25. The molecule has 5 nitrogen and oxygen atoms in total. The van der Waals surface area contributed by atoms with E-state index in [-0.39, 0.29) is 11.9 Å². The summed E-state index contributed by atoms with van der Waals surface area (Å²) in [6.07, 6.45) is 3.94. The van der Waals surface area contributed by atoms with Gasteiger partial charge in [-0.05, 0) is 71.2 Å². The minimum Gasteiger partial charge on any atom is -0.444 e. The molecule has 0 aromatic heterocycles. The van der Waals surface area contributed by atoms with Crippen LogP contribution in [-0.4, -0.2) is 54.1 Å². The minimum atomic E-state index is -0.686. The monoisotopic (exact) mass is 380 g/mol. The Bertz CT molecular complexity index is 558. The quantitative estimate of drug-likeness (QED) is 0.707. The summed E-state index contributed by atoms with van der Waals surface area (Å²) >= 11 is 1.69. The highest BCUT2D eigenvalue weighted by molar-refractivity contribution is 7.98. The predicted octanol–water partition coefficient (Wildman–Crippen LogP) is 3.72. The van der Waals surface area contributed by atoms with Gasteiger partial charge in [0.2, 0.25) is 5.91 Å². The number of thioether (sulfide) groups is 1. The molecule has 0 radical (unpaired) electrons. The van der Waals surface area contributed by atoms with Gasteiger partial charge in [-0.25, -0.2) is 4.79 Å². The van der Waals surface area contributed by atoms with Crippen LogP contribution in [0.4, 0.5) is 4.79 Å². The van der Waals surface area contributed by atoms with Crippen molar-refractivity contribution >= 4 is 23.8 Å². The Balaban J connectivity index is 2.56. The lowest BCUT2D eigenvalue weighted by atomic mass is 10.1. The molecule has 0 fully saturated rings. The lowest BCUT2D eigenvalue weighted by Gasteiger charge is -2.27. The first kappa shape index (κ1) is 22.5. The van der Waals surface area contributed by atoms with Gasteiger partial charge in [0.05, 0.1) is 6.04 Å². The zero-order chi connectivity index (χ0) is 19.6. The van der Waals surface area contributed by atoms with Crippen molar-refractivity contribution in [2.45, 2.75) is 51.7 Å². The molecule has 0 bridgehead atoms. The zero-order valence-electron chi connectivity index (χ0n) is 16.6. The van der Waals surface area contributed by atoms with Gasteiger partial charge in [-0.1, -0.05) is 30.3 Å². The Kier molecular flexibility index (Phi) is 9.73. The van der Waals surface area contributed by atoms with Crippen LogP contribution in [-0.2, 0) is 16.0 Å². The predicted molar refractivity (Wildman–Crippen MR) is 109 cm³/mol.